The zero-order chi connectivity index (χ0) is 38.3. The SMILES string of the molecule is CCOC(=O)C(C)(C)COS(=O)(=O)ON1C(=O)N2C[C@H]1CC[C@H]2C(=O)NC1CCN(C(=O)OCOC(=O)C(NC(=O)OC(C)(C)C)C(C)C)CC1. The fourth-order valence-electron chi connectivity index (χ4n) is 5.48. The molecule has 3 aliphatic rings. The maximum Gasteiger partial charge on any atom is 0.421 e. The van der Waals surface area contributed by atoms with Gasteiger partial charge in [-0.25, -0.2) is 23.4 Å². The highest BCUT2D eigenvalue weighted by atomic mass is 32.3. The largest absolute Gasteiger partial charge is 0.466 e. The van der Waals surface area contributed by atoms with E-state index in [1.54, 1.807) is 41.5 Å². The van der Waals surface area contributed by atoms with Gasteiger partial charge in [0.15, 0.2) is 0 Å². The van der Waals surface area contributed by atoms with Crippen molar-refractivity contribution in [1.82, 2.24) is 25.5 Å². The molecule has 0 saturated carbocycles. The third kappa shape index (κ3) is 11.8. The molecule has 51 heavy (non-hydrogen) atoms. The average Bonchev–Trinajstić information content (AvgIpc) is 3.25. The molecule has 0 spiro atoms. The smallest absolute Gasteiger partial charge is 0.421 e. The second-order valence-electron chi connectivity index (χ2n) is 14.5. The number of urea groups is 1. The Balaban J connectivity index is 1.42. The summed E-state index contributed by atoms with van der Waals surface area (Å²) in [6.45, 7) is 12.4. The lowest BCUT2D eigenvalue weighted by atomic mass is 9.95. The number of hydroxylamine groups is 2. The van der Waals surface area contributed by atoms with E-state index in [0.717, 1.165) is 0 Å². The van der Waals surface area contributed by atoms with Crippen molar-refractivity contribution in [1.29, 1.82) is 0 Å². The first-order chi connectivity index (χ1) is 23.6. The predicted molar refractivity (Wildman–Crippen MR) is 175 cm³/mol. The second-order valence-corrected chi connectivity index (χ2v) is 15.7. The summed E-state index contributed by atoms with van der Waals surface area (Å²) in [5.41, 5.74) is -2.06. The van der Waals surface area contributed by atoms with Gasteiger partial charge in [-0.15, -0.1) is 4.28 Å². The molecule has 3 aliphatic heterocycles. The Morgan fingerprint density at radius 3 is 2.18 bits per heavy atom. The summed E-state index contributed by atoms with van der Waals surface area (Å²) >= 11 is 0. The summed E-state index contributed by atoms with van der Waals surface area (Å²) in [4.78, 5) is 78.3. The van der Waals surface area contributed by atoms with Crippen LogP contribution in [0.15, 0.2) is 0 Å². The third-order valence-corrected chi connectivity index (χ3v) is 9.01. The molecule has 19 nitrogen and oxygen atoms in total. The Hall–Kier alpha value is -3.91. The highest BCUT2D eigenvalue weighted by Gasteiger charge is 2.50. The Morgan fingerprint density at radius 1 is 0.941 bits per heavy atom. The van der Waals surface area contributed by atoms with Crippen molar-refractivity contribution in [3.8, 4) is 0 Å². The molecule has 3 fully saturated rings. The fraction of sp³-hybridized carbons (Fsp3) is 0.806. The van der Waals surface area contributed by atoms with E-state index in [0.29, 0.717) is 17.9 Å². The minimum Gasteiger partial charge on any atom is -0.466 e. The molecule has 0 aromatic heterocycles. The van der Waals surface area contributed by atoms with Crippen LogP contribution >= 0.6 is 0 Å². The van der Waals surface area contributed by atoms with Crippen molar-refractivity contribution in [2.75, 3.05) is 39.6 Å². The number of ether oxygens (including phenoxy) is 4. The van der Waals surface area contributed by atoms with Gasteiger partial charge in [-0.3, -0.25) is 9.59 Å². The van der Waals surface area contributed by atoms with E-state index in [2.05, 4.69) is 10.6 Å². The molecule has 3 rings (SSSR count). The van der Waals surface area contributed by atoms with Gasteiger partial charge < -0.3 is 39.4 Å². The van der Waals surface area contributed by atoms with E-state index in [9.17, 15) is 37.2 Å². The standard InChI is InChI=1S/C31H51N5O14S/c1-9-45-26(39)31(7,8)17-48-51(43,44)50-36-21-10-11-22(35(16-21)28(36)41)24(37)32-20-12-14-34(15-13-20)29(42)47-18-46-25(38)23(19(2)3)33-27(40)49-30(4,5)6/h19-23H,9-18H2,1-8H3,(H,32,37)(H,33,40)/t21-,22+,23?/m1/s1. The van der Waals surface area contributed by atoms with Crippen molar-refractivity contribution in [2.45, 2.75) is 111 Å². The number of amides is 5. The summed E-state index contributed by atoms with van der Waals surface area (Å²) in [5.74, 6) is -2.22. The monoisotopic (exact) mass is 749 g/mol. The Labute approximate surface area is 298 Å². The number of hydrogen-bond donors (Lipinski definition) is 2. The van der Waals surface area contributed by atoms with E-state index in [4.69, 9.17) is 27.4 Å². The van der Waals surface area contributed by atoms with Crippen LogP contribution in [0.1, 0.15) is 81.1 Å². The fourth-order valence-corrected chi connectivity index (χ4v) is 6.35. The van der Waals surface area contributed by atoms with Gasteiger partial charge in [-0.1, -0.05) is 13.8 Å². The quantitative estimate of drug-likeness (QED) is 0.147. The van der Waals surface area contributed by atoms with Crippen LogP contribution in [0.3, 0.4) is 0 Å². The Kier molecular flexibility index (Phi) is 13.9. The number of rotatable bonds is 14. The van der Waals surface area contributed by atoms with Crippen LogP contribution in [0.5, 0.6) is 0 Å². The molecule has 1 unspecified atom stereocenters. The minimum atomic E-state index is -4.74. The van der Waals surface area contributed by atoms with Crippen LogP contribution in [-0.2, 0) is 52.2 Å². The minimum absolute atomic E-state index is 0.0601. The highest BCUT2D eigenvalue weighted by Crippen LogP contribution is 2.32. The van der Waals surface area contributed by atoms with Crippen molar-refractivity contribution in [2.24, 2.45) is 11.3 Å². The lowest BCUT2D eigenvalue weighted by molar-refractivity contribution is -0.156. The first kappa shape index (κ1) is 41.5. The lowest BCUT2D eigenvalue weighted by Gasteiger charge is -2.34. The van der Waals surface area contributed by atoms with Gasteiger partial charge in [0.25, 0.3) is 0 Å². The lowest BCUT2D eigenvalue weighted by Crippen LogP contribution is -2.54. The number of nitrogens with zero attached hydrogens (tertiary/aromatic N) is 3. The topological polar surface area (TPSA) is 226 Å². The molecule has 3 heterocycles. The molecular weight excluding hydrogens is 698 g/mol. The van der Waals surface area contributed by atoms with Crippen molar-refractivity contribution >= 4 is 46.5 Å². The second kappa shape index (κ2) is 17.1. The highest BCUT2D eigenvalue weighted by molar-refractivity contribution is 7.81. The number of likely N-dealkylation sites (tertiary alicyclic amines) is 1. The van der Waals surface area contributed by atoms with Gasteiger partial charge in [0.2, 0.25) is 12.7 Å². The summed E-state index contributed by atoms with van der Waals surface area (Å²) in [7, 11) is -4.74. The molecule has 2 bridgehead atoms. The van der Waals surface area contributed by atoms with Gasteiger partial charge >= 0.3 is 40.6 Å². The van der Waals surface area contributed by atoms with Crippen LogP contribution in [0.25, 0.3) is 0 Å². The van der Waals surface area contributed by atoms with Gasteiger partial charge in [0.05, 0.1) is 24.7 Å². The van der Waals surface area contributed by atoms with Crippen LogP contribution in [0, 0.1) is 11.3 Å². The number of fused-ring (bicyclic) bond motifs is 2. The van der Waals surface area contributed by atoms with Gasteiger partial charge in [-0.2, -0.15) is 13.5 Å². The molecule has 0 aromatic carbocycles. The number of nitrogens with one attached hydrogen (secondary N) is 2. The first-order valence-corrected chi connectivity index (χ1v) is 18.2. The van der Waals surface area contributed by atoms with Crippen LogP contribution < -0.4 is 10.6 Å². The van der Waals surface area contributed by atoms with Gasteiger partial charge in [0.1, 0.15) is 17.7 Å². The van der Waals surface area contributed by atoms with Crippen LogP contribution in [0.2, 0.25) is 0 Å². The Morgan fingerprint density at radius 2 is 1.59 bits per heavy atom. The molecule has 20 heteroatoms. The normalized spacial score (nSPS) is 20.5. The number of alkyl carbamates (subject to hydrolysis) is 1. The summed E-state index contributed by atoms with van der Waals surface area (Å²) in [6.07, 6.45) is -0.204. The van der Waals surface area contributed by atoms with E-state index in [-0.39, 0.29) is 51.0 Å². The molecule has 0 aromatic rings. The van der Waals surface area contributed by atoms with Crippen LogP contribution in [0.4, 0.5) is 14.4 Å². The summed E-state index contributed by atoms with van der Waals surface area (Å²) in [5, 5.41) is 6.06. The Bertz CT molecular complexity index is 1410. The summed E-state index contributed by atoms with van der Waals surface area (Å²) in [6, 6.07) is -3.66. The molecule has 5 amide bonds. The molecule has 3 saturated heterocycles. The molecule has 2 N–H and O–H groups in total. The number of carbonyl (C=O) groups excluding carboxylic acids is 6. The van der Waals surface area contributed by atoms with E-state index in [1.165, 1.54) is 23.6 Å². The number of carbonyl (C=O) groups is 6. The predicted octanol–water partition coefficient (Wildman–Crippen LogP) is 1.80. The van der Waals surface area contributed by atoms with Crippen molar-refractivity contribution in [3.63, 3.8) is 0 Å². The zero-order valence-electron chi connectivity index (χ0n) is 30.4. The van der Waals surface area contributed by atoms with Gasteiger partial charge in [0, 0.05) is 25.7 Å². The van der Waals surface area contributed by atoms with E-state index in [1.807, 2.05) is 0 Å². The van der Waals surface area contributed by atoms with Crippen LogP contribution in [-0.4, -0.2) is 129 Å². The third-order valence-electron chi connectivity index (χ3n) is 8.27. The zero-order valence-corrected chi connectivity index (χ0v) is 31.2. The van der Waals surface area contributed by atoms with Gasteiger partial charge in [-0.05, 0) is 73.1 Å². The molecule has 3 atom stereocenters. The molecule has 0 radical (unpaired) electrons. The van der Waals surface area contributed by atoms with Crippen molar-refractivity contribution < 1.29 is 64.6 Å². The number of piperidine rings is 2. The maximum atomic E-state index is 13.2. The molecule has 0 aliphatic carbocycles. The first-order valence-electron chi connectivity index (χ1n) is 16.9. The molecule has 290 valence electrons. The van der Waals surface area contributed by atoms with Crippen molar-refractivity contribution in [3.05, 3.63) is 0 Å². The number of esters is 2. The maximum absolute atomic E-state index is 13.2. The summed E-state index contributed by atoms with van der Waals surface area (Å²) < 4.78 is 55.2. The average molecular weight is 750 g/mol. The van der Waals surface area contributed by atoms with E-state index >= 15 is 0 Å². The molecular formula is C31H51N5O14S. The van der Waals surface area contributed by atoms with E-state index < -0.39 is 89.0 Å². The number of hydrogen-bond acceptors (Lipinski definition) is 14.